The van der Waals surface area contributed by atoms with E-state index >= 15 is 0 Å². The second-order valence-electron chi connectivity index (χ2n) is 2.83. The first-order chi connectivity index (χ1) is 6.33. The van der Waals surface area contributed by atoms with Crippen molar-refractivity contribution in [3.8, 4) is 5.75 Å². The van der Waals surface area contributed by atoms with Crippen LogP contribution in [0, 0.1) is 6.92 Å². The summed E-state index contributed by atoms with van der Waals surface area (Å²) in [7, 11) is 1.69. The molecular weight excluding hydrogens is 166 g/mol. The zero-order valence-electron chi connectivity index (χ0n) is 8.12. The SMILES string of the molecule is COCCCOc1ccnc(C)c1. The summed E-state index contributed by atoms with van der Waals surface area (Å²) in [6, 6.07) is 3.78. The minimum absolute atomic E-state index is 0.692. The Hall–Kier alpha value is -1.09. The fourth-order valence-electron chi connectivity index (χ4n) is 1.00. The molecule has 0 N–H and O–H groups in total. The van der Waals surface area contributed by atoms with Gasteiger partial charge in [0.05, 0.1) is 6.61 Å². The molecule has 0 unspecified atom stereocenters. The number of aromatic nitrogens is 1. The van der Waals surface area contributed by atoms with Crippen molar-refractivity contribution < 1.29 is 9.47 Å². The number of nitrogens with zero attached hydrogens (tertiary/aromatic N) is 1. The third kappa shape index (κ3) is 3.90. The van der Waals surface area contributed by atoms with Crippen molar-refractivity contribution in [1.82, 2.24) is 4.98 Å². The smallest absolute Gasteiger partial charge is 0.122 e. The molecule has 0 saturated heterocycles. The van der Waals surface area contributed by atoms with E-state index in [4.69, 9.17) is 9.47 Å². The highest BCUT2D eigenvalue weighted by molar-refractivity contribution is 5.21. The summed E-state index contributed by atoms with van der Waals surface area (Å²) in [5, 5.41) is 0. The minimum atomic E-state index is 0.692. The second kappa shape index (κ2) is 5.54. The zero-order chi connectivity index (χ0) is 9.52. The molecule has 13 heavy (non-hydrogen) atoms. The summed E-state index contributed by atoms with van der Waals surface area (Å²) in [5.74, 6) is 0.878. The highest BCUT2D eigenvalue weighted by Crippen LogP contribution is 2.09. The largest absolute Gasteiger partial charge is 0.493 e. The highest BCUT2D eigenvalue weighted by atomic mass is 16.5. The van der Waals surface area contributed by atoms with E-state index in [0.717, 1.165) is 24.5 Å². The molecule has 0 saturated carbocycles. The van der Waals surface area contributed by atoms with E-state index in [-0.39, 0.29) is 0 Å². The summed E-state index contributed by atoms with van der Waals surface area (Å²) < 4.78 is 10.4. The van der Waals surface area contributed by atoms with Crippen LogP contribution in [-0.2, 0) is 4.74 Å². The normalized spacial score (nSPS) is 10.0. The molecule has 1 aromatic heterocycles. The van der Waals surface area contributed by atoms with Crippen LogP contribution in [0.5, 0.6) is 5.75 Å². The van der Waals surface area contributed by atoms with E-state index in [1.165, 1.54) is 0 Å². The fraction of sp³-hybridized carbons (Fsp3) is 0.500. The van der Waals surface area contributed by atoms with Crippen molar-refractivity contribution in [2.45, 2.75) is 13.3 Å². The van der Waals surface area contributed by atoms with Gasteiger partial charge < -0.3 is 9.47 Å². The van der Waals surface area contributed by atoms with Crippen molar-refractivity contribution in [1.29, 1.82) is 0 Å². The van der Waals surface area contributed by atoms with Crippen LogP contribution < -0.4 is 4.74 Å². The Morgan fingerprint density at radius 3 is 2.92 bits per heavy atom. The van der Waals surface area contributed by atoms with Gasteiger partial charge in [-0.3, -0.25) is 4.98 Å². The van der Waals surface area contributed by atoms with Gasteiger partial charge in [-0.1, -0.05) is 0 Å². The van der Waals surface area contributed by atoms with Crippen LogP contribution in [0.3, 0.4) is 0 Å². The molecule has 0 aromatic carbocycles. The lowest BCUT2D eigenvalue weighted by atomic mass is 10.3. The van der Waals surface area contributed by atoms with Crippen LogP contribution in [0.4, 0.5) is 0 Å². The molecule has 0 aliphatic rings. The molecule has 0 fully saturated rings. The average molecular weight is 181 g/mol. The second-order valence-corrected chi connectivity index (χ2v) is 2.83. The summed E-state index contributed by atoms with van der Waals surface area (Å²) in [4.78, 5) is 4.08. The van der Waals surface area contributed by atoms with Gasteiger partial charge in [-0.2, -0.15) is 0 Å². The maximum absolute atomic E-state index is 5.47. The monoisotopic (exact) mass is 181 g/mol. The van der Waals surface area contributed by atoms with E-state index in [0.29, 0.717) is 6.61 Å². The van der Waals surface area contributed by atoms with Gasteiger partial charge in [0.15, 0.2) is 0 Å². The lowest BCUT2D eigenvalue weighted by molar-refractivity contribution is 0.172. The Kier molecular flexibility index (Phi) is 4.26. The van der Waals surface area contributed by atoms with Crippen LogP contribution in [0.1, 0.15) is 12.1 Å². The molecule has 3 heteroatoms. The lowest BCUT2D eigenvalue weighted by Crippen LogP contribution is -2.01. The van der Waals surface area contributed by atoms with Gasteiger partial charge in [0, 0.05) is 38.1 Å². The molecule has 0 radical (unpaired) electrons. The molecule has 0 amide bonds. The molecule has 1 aromatic rings. The van der Waals surface area contributed by atoms with Gasteiger partial charge in [0.1, 0.15) is 5.75 Å². The first kappa shape index (κ1) is 9.99. The number of hydrogen-bond donors (Lipinski definition) is 0. The van der Waals surface area contributed by atoms with Gasteiger partial charge in [0.25, 0.3) is 0 Å². The first-order valence-corrected chi connectivity index (χ1v) is 4.37. The van der Waals surface area contributed by atoms with Crippen molar-refractivity contribution in [3.05, 3.63) is 24.0 Å². The summed E-state index contributed by atoms with van der Waals surface area (Å²) in [6.07, 6.45) is 2.67. The predicted molar refractivity (Wildman–Crippen MR) is 51.0 cm³/mol. The first-order valence-electron chi connectivity index (χ1n) is 4.37. The van der Waals surface area contributed by atoms with Crippen molar-refractivity contribution in [3.63, 3.8) is 0 Å². The van der Waals surface area contributed by atoms with E-state index in [9.17, 15) is 0 Å². The van der Waals surface area contributed by atoms with Crippen LogP contribution in [0.25, 0.3) is 0 Å². The van der Waals surface area contributed by atoms with Gasteiger partial charge in [-0.15, -0.1) is 0 Å². The Labute approximate surface area is 78.7 Å². The third-order valence-corrected chi connectivity index (χ3v) is 1.63. The van der Waals surface area contributed by atoms with Crippen molar-refractivity contribution in [2.75, 3.05) is 20.3 Å². The number of ether oxygens (including phenoxy) is 2. The molecule has 1 rings (SSSR count). The molecule has 3 nitrogen and oxygen atoms in total. The summed E-state index contributed by atoms with van der Waals surface area (Å²) in [5.41, 5.74) is 0.976. The number of rotatable bonds is 5. The number of aryl methyl sites for hydroxylation is 1. The van der Waals surface area contributed by atoms with Crippen LogP contribution in [0.2, 0.25) is 0 Å². The molecular formula is C10H15NO2. The quantitative estimate of drug-likeness (QED) is 0.649. The van der Waals surface area contributed by atoms with E-state index < -0.39 is 0 Å². The van der Waals surface area contributed by atoms with Crippen molar-refractivity contribution >= 4 is 0 Å². The highest BCUT2D eigenvalue weighted by Gasteiger charge is 1.93. The zero-order valence-corrected chi connectivity index (χ0v) is 8.12. The van der Waals surface area contributed by atoms with Gasteiger partial charge in [0.2, 0.25) is 0 Å². The maximum Gasteiger partial charge on any atom is 0.122 e. The average Bonchev–Trinajstić information content (AvgIpc) is 2.13. The van der Waals surface area contributed by atoms with E-state index in [1.54, 1.807) is 13.3 Å². The van der Waals surface area contributed by atoms with Gasteiger partial charge in [-0.25, -0.2) is 0 Å². The number of pyridine rings is 1. The van der Waals surface area contributed by atoms with Crippen molar-refractivity contribution in [2.24, 2.45) is 0 Å². The third-order valence-electron chi connectivity index (χ3n) is 1.63. The fourth-order valence-corrected chi connectivity index (χ4v) is 1.00. The summed E-state index contributed by atoms with van der Waals surface area (Å²) in [6.45, 7) is 3.38. The molecule has 0 aliphatic carbocycles. The molecule has 1 heterocycles. The van der Waals surface area contributed by atoms with E-state index in [1.807, 2.05) is 19.1 Å². The molecule has 0 atom stereocenters. The number of methoxy groups -OCH3 is 1. The predicted octanol–water partition coefficient (Wildman–Crippen LogP) is 1.81. The van der Waals surface area contributed by atoms with E-state index in [2.05, 4.69) is 4.98 Å². The Bertz CT molecular complexity index is 250. The maximum atomic E-state index is 5.47. The Morgan fingerprint density at radius 1 is 1.38 bits per heavy atom. The van der Waals surface area contributed by atoms with Crippen LogP contribution in [0.15, 0.2) is 18.3 Å². The van der Waals surface area contributed by atoms with Gasteiger partial charge in [-0.05, 0) is 13.0 Å². The minimum Gasteiger partial charge on any atom is -0.493 e. The lowest BCUT2D eigenvalue weighted by Gasteiger charge is -2.05. The Balaban J connectivity index is 2.28. The van der Waals surface area contributed by atoms with Gasteiger partial charge >= 0.3 is 0 Å². The summed E-state index contributed by atoms with van der Waals surface area (Å²) >= 11 is 0. The van der Waals surface area contributed by atoms with Crippen LogP contribution in [-0.4, -0.2) is 25.3 Å². The molecule has 72 valence electrons. The molecule has 0 aliphatic heterocycles. The topological polar surface area (TPSA) is 31.4 Å². The van der Waals surface area contributed by atoms with Crippen LogP contribution >= 0.6 is 0 Å². The molecule has 0 bridgehead atoms. The number of hydrogen-bond acceptors (Lipinski definition) is 3. The standard InChI is InChI=1S/C10H15NO2/c1-9-8-10(4-5-11-9)13-7-3-6-12-2/h4-5,8H,3,6-7H2,1-2H3. The molecule has 0 spiro atoms. The Morgan fingerprint density at radius 2 is 2.23 bits per heavy atom.